The Morgan fingerprint density at radius 1 is 1.04 bits per heavy atom. The van der Waals surface area contributed by atoms with Gasteiger partial charge in [-0.2, -0.15) is 0 Å². The second-order valence-corrected chi connectivity index (χ2v) is 5.86. The molecule has 0 amide bonds. The van der Waals surface area contributed by atoms with E-state index in [1.165, 1.54) is 0 Å². The van der Waals surface area contributed by atoms with Gasteiger partial charge in [-0.3, -0.25) is 14.3 Å². The molecule has 2 aromatic carbocycles. The van der Waals surface area contributed by atoms with Gasteiger partial charge in [0.2, 0.25) is 0 Å². The van der Waals surface area contributed by atoms with E-state index in [1.807, 2.05) is 30.3 Å². The van der Waals surface area contributed by atoms with Gasteiger partial charge in [0, 0.05) is 5.69 Å². The van der Waals surface area contributed by atoms with Crippen LogP contribution in [0.2, 0.25) is 0 Å². The van der Waals surface area contributed by atoms with Gasteiger partial charge in [0.1, 0.15) is 0 Å². The third kappa shape index (κ3) is 2.46. The average molecular weight is 333 g/mol. The monoisotopic (exact) mass is 333 g/mol. The van der Waals surface area contributed by atoms with Crippen molar-refractivity contribution in [1.82, 2.24) is 19.5 Å². The van der Waals surface area contributed by atoms with Gasteiger partial charge in [-0.25, -0.2) is 14.8 Å². The molecule has 0 aliphatic carbocycles. The van der Waals surface area contributed by atoms with Crippen molar-refractivity contribution in [2.24, 2.45) is 0 Å². The lowest BCUT2D eigenvalue weighted by atomic mass is 10.1. The largest absolute Gasteiger partial charge is 0.399 e. The molecule has 0 saturated heterocycles. The van der Waals surface area contributed by atoms with Crippen LogP contribution in [0.25, 0.3) is 22.2 Å². The third-order valence-electron chi connectivity index (χ3n) is 4.22. The number of benzene rings is 2. The fourth-order valence-corrected chi connectivity index (χ4v) is 2.91. The molecule has 0 radical (unpaired) electrons. The van der Waals surface area contributed by atoms with Gasteiger partial charge in [-0.15, -0.1) is 0 Å². The molecule has 1 unspecified atom stereocenters. The molecule has 0 fully saturated rings. The molecule has 7 heteroatoms. The van der Waals surface area contributed by atoms with Crippen molar-refractivity contribution < 1.29 is 0 Å². The Morgan fingerprint density at radius 3 is 2.56 bits per heavy atom. The summed E-state index contributed by atoms with van der Waals surface area (Å²) in [5.41, 5.74) is 7.50. The quantitative estimate of drug-likeness (QED) is 0.430. The first-order chi connectivity index (χ1) is 12.0. The van der Waals surface area contributed by atoms with Crippen molar-refractivity contribution in [2.45, 2.75) is 13.0 Å². The highest BCUT2D eigenvalue weighted by Crippen LogP contribution is 2.17. The minimum atomic E-state index is -0.522. The van der Waals surface area contributed by atoms with E-state index in [2.05, 4.69) is 15.0 Å². The van der Waals surface area contributed by atoms with E-state index in [1.54, 1.807) is 25.1 Å². The second-order valence-electron chi connectivity index (χ2n) is 5.86. The number of nitrogen functional groups attached to an aromatic ring is 1. The summed E-state index contributed by atoms with van der Waals surface area (Å²) in [6.07, 6.45) is 0. The number of H-pyrrole nitrogens is 1. The van der Waals surface area contributed by atoms with Crippen molar-refractivity contribution in [3.05, 3.63) is 74.9 Å². The van der Waals surface area contributed by atoms with E-state index in [0.717, 1.165) is 10.1 Å². The molecular weight excluding hydrogens is 318 g/mol. The molecule has 2 aromatic heterocycles. The summed E-state index contributed by atoms with van der Waals surface area (Å²) in [4.78, 5) is 36.7. The summed E-state index contributed by atoms with van der Waals surface area (Å²) in [6, 6.07) is 14.0. The predicted molar refractivity (Wildman–Crippen MR) is 96.6 cm³/mol. The first kappa shape index (κ1) is 15.1. The van der Waals surface area contributed by atoms with Crippen LogP contribution in [0.1, 0.15) is 18.5 Å². The molecule has 0 spiro atoms. The van der Waals surface area contributed by atoms with Crippen molar-refractivity contribution in [3.63, 3.8) is 0 Å². The van der Waals surface area contributed by atoms with Gasteiger partial charge in [0.15, 0.2) is 11.2 Å². The number of rotatable bonds is 2. The maximum absolute atomic E-state index is 12.9. The van der Waals surface area contributed by atoms with Crippen molar-refractivity contribution in [2.75, 3.05) is 5.73 Å². The fraction of sp³-hybridized carbons (Fsp3) is 0.111. The lowest BCUT2D eigenvalue weighted by Gasteiger charge is -2.14. The number of fused-ring (bicyclic) bond motifs is 2. The number of hydrogen-bond donors (Lipinski definition) is 2. The van der Waals surface area contributed by atoms with Crippen LogP contribution in [0.15, 0.2) is 58.1 Å². The lowest BCUT2D eigenvalue weighted by molar-refractivity contribution is 0.583. The zero-order valence-corrected chi connectivity index (χ0v) is 13.4. The van der Waals surface area contributed by atoms with Crippen LogP contribution in [0.5, 0.6) is 0 Å². The van der Waals surface area contributed by atoms with Crippen LogP contribution in [-0.4, -0.2) is 19.5 Å². The number of nitrogens with two attached hydrogens (primary N) is 1. The van der Waals surface area contributed by atoms with Gasteiger partial charge in [0.05, 0.1) is 17.1 Å². The molecule has 1 atom stereocenters. The van der Waals surface area contributed by atoms with Gasteiger partial charge in [-0.1, -0.05) is 30.3 Å². The highest BCUT2D eigenvalue weighted by Gasteiger charge is 2.17. The Hall–Kier alpha value is -3.48. The molecule has 4 aromatic rings. The summed E-state index contributed by atoms with van der Waals surface area (Å²) in [5, 5.41) is 0. The zero-order valence-electron chi connectivity index (χ0n) is 13.4. The highest BCUT2D eigenvalue weighted by molar-refractivity contribution is 5.85. The summed E-state index contributed by atoms with van der Waals surface area (Å²) < 4.78 is 1.16. The average Bonchev–Trinajstić information content (AvgIpc) is 2.61. The first-order valence-electron chi connectivity index (χ1n) is 7.81. The summed E-state index contributed by atoms with van der Waals surface area (Å²) >= 11 is 0. The van der Waals surface area contributed by atoms with E-state index < -0.39 is 17.3 Å². The number of nitrogens with one attached hydrogen (secondary N) is 1. The van der Waals surface area contributed by atoms with Gasteiger partial charge >= 0.3 is 5.69 Å². The number of aromatic nitrogens is 4. The molecule has 0 bridgehead atoms. The minimum absolute atomic E-state index is 0.125. The lowest BCUT2D eigenvalue weighted by Crippen LogP contribution is -2.38. The normalized spacial score (nSPS) is 12.5. The standard InChI is InChI=1S/C18H15N5O2/c1-10(11-5-3-2-4-6-11)23-17(24)15-16(22-18(23)25)21-14-9-12(19)7-8-13(14)20-15/h2-10H,19H2,1H3,(H,21,22,25). The van der Waals surface area contributed by atoms with Crippen LogP contribution in [0.4, 0.5) is 5.69 Å². The van der Waals surface area contributed by atoms with Crippen LogP contribution in [0.3, 0.4) is 0 Å². The third-order valence-corrected chi connectivity index (χ3v) is 4.22. The van der Waals surface area contributed by atoms with Gasteiger partial charge < -0.3 is 5.73 Å². The number of hydrogen-bond acceptors (Lipinski definition) is 5. The second kappa shape index (κ2) is 5.55. The first-order valence-corrected chi connectivity index (χ1v) is 7.81. The summed E-state index contributed by atoms with van der Waals surface area (Å²) in [7, 11) is 0. The topological polar surface area (TPSA) is 107 Å². The maximum atomic E-state index is 12.9. The summed E-state index contributed by atoms with van der Waals surface area (Å²) in [6.45, 7) is 1.80. The van der Waals surface area contributed by atoms with Crippen molar-refractivity contribution in [1.29, 1.82) is 0 Å². The molecule has 7 nitrogen and oxygen atoms in total. The van der Waals surface area contributed by atoms with Crippen molar-refractivity contribution >= 4 is 27.9 Å². The molecular formula is C18H15N5O2. The number of anilines is 1. The fourth-order valence-electron chi connectivity index (χ4n) is 2.91. The molecule has 3 N–H and O–H groups in total. The van der Waals surface area contributed by atoms with Gasteiger partial charge in [0.25, 0.3) is 5.56 Å². The van der Waals surface area contributed by atoms with E-state index in [9.17, 15) is 9.59 Å². The molecule has 0 saturated carbocycles. The molecule has 25 heavy (non-hydrogen) atoms. The Kier molecular flexibility index (Phi) is 3.35. The smallest absolute Gasteiger partial charge is 0.330 e. The van der Waals surface area contributed by atoms with Crippen LogP contribution < -0.4 is 17.0 Å². The Morgan fingerprint density at radius 2 is 1.80 bits per heavy atom. The zero-order chi connectivity index (χ0) is 17.6. The van der Waals surface area contributed by atoms with E-state index in [4.69, 9.17) is 5.73 Å². The van der Waals surface area contributed by atoms with E-state index in [0.29, 0.717) is 16.7 Å². The van der Waals surface area contributed by atoms with Gasteiger partial charge in [-0.05, 0) is 30.7 Å². The van der Waals surface area contributed by atoms with Crippen LogP contribution >= 0.6 is 0 Å². The van der Waals surface area contributed by atoms with Crippen LogP contribution in [0, 0.1) is 0 Å². The van der Waals surface area contributed by atoms with Crippen molar-refractivity contribution in [3.8, 4) is 0 Å². The number of aromatic amines is 1. The maximum Gasteiger partial charge on any atom is 0.330 e. The molecule has 124 valence electrons. The SMILES string of the molecule is CC(c1ccccc1)n1c(=O)[nH]c2nc3cc(N)ccc3nc2c1=O. The Bertz CT molecular complexity index is 1210. The minimum Gasteiger partial charge on any atom is -0.399 e. The molecule has 2 heterocycles. The van der Waals surface area contributed by atoms with Crippen LogP contribution in [-0.2, 0) is 0 Å². The highest BCUT2D eigenvalue weighted by atomic mass is 16.2. The van der Waals surface area contributed by atoms with E-state index in [-0.39, 0.29) is 11.2 Å². The number of nitrogens with zero attached hydrogens (tertiary/aromatic N) is 3. The summed E-state index contributed by atoms with van der Waals surface area (Å²) in [5.74, 6) is 0. The molecule has 0 aliphatic heterocycles. The Balaban J connectivity index is 2.01. The Labute approximate surface area is 141 Å². The van der Waals surface area contributed by atoms with E-state index >= 15 is 0 Å². The predicted octanol–water partition coefficient (Wildman–Crippen LogP) is 1.82. The molecule has 4 rings (SSSR count). The molecule has 0 aliphatic rings.